The van der Waals surface area contributed by atoms with Gasteiger partial charge in [-0.2, -0.15) is 0 Å². The summed E-state index contributed by atoms with van der Waals surface area (Å²) in [5.41, 5.74) is 0.0919. The molecule has 1 saturated heterocycles. The topological polar surface area (TPSA) is 79.3 Å². The summed E-state index contributed by atoms with van der Waals surface area (Å²) in [6, 6.07) is 4.63. The van der Waals surface area contributed by atoms with Crippen molar-refractivity contribution in [3.8, 4) is 11.5 Å². The number of phenolic OH excluding ortho intramolecular Hbond substituents is 1. The van der Waals surface area contributed by atoms with E-state index in [9.17, 15) is 14.7 Å². The number of hydrogen-bond acceptors (Lipinski definition) is 5. The number of benzene rings is 1. The fourth-order valence-corrected chi connectivity index (χ4v) is 2.94. The van der Waals surface area contributed by atoms with Gasteiger partial charge in [0.2, 0.25) is 5.91 Å². The van der Waals surface area contributed by atoms with Gasteiger partial charge in [-0.3, -0.25) is 4.79 Å². The summed E-state index contributed by atoms with van der Waals surface area (Å²) in [6.07, 6.45) is 0.478. The molecule has 0 bridgehead atoms. The van der Waals surface area contributed by atoms with Crippen LogP contribution in [0.1, 0.15) is 32.8 Å². The molecule has 1 fully saturated rings. The van der Waals surface area contributed by atoms with Gasteiger partial charge >= 0.3 is 6.09 Å². The molecule has 144 valence electrons. The lowest BCUT2D eigenvalue weighted by Crippen LogP contribution is -2.41. The summed E-state index contributed by atoms with van der Waals surface area (Å²) in [4.78, 5) is 28.1. The van der Waals surface area contributed by atoms with Crippen LogP contribution in [0.25, 0.3) is 0 Å². The number of rotatable bonds is 4. The Morgan fingerprint density at radius 3 is 2.65 bits per heavy atom. The molecule has 1 N–H and O–H groups in total. The Morgan fingerprint density at radius 1 is 1.35 bits per heavy atom. The van der Waals surface area contributed by atoms with Crippen molar-refractivity contribution < 1.29 is 24.2 Å². The first kappa shape index (κ1) is 19.9. The highest BCUT2D eigenvalue weighted by atomic mass is 16.6. The Labute approximate surface area is 154 Å². The van der Waals surface area contributed by atoms with Crippen molar-refractivity contribution in [2.45, 2.75) is 45.3 Å². The van der Waals surface area contributed by atoms with Crippen LogP contribution in [0.3, 0.4) is 0 Å². The second-order valence-electron chi connectivity index (χ2n) is 7.55. The highest BCUT2D eigenvalue weighted by molar-refractivity contribution is 5.80. The summed E-state index contributed by atoms with van der Waals surface area (Å²) in [7, 11) is 3.26. The molecule has 1 aromatic rings. The molecule has 0 aliphatic carbocycles. The van der Waals surface area contributed by atoms with Crippen molar-refractivity contribution in [3.05, 3.63) is 23.8 Å². The molecule has 1 aliphatic rings. The standard InChI is InChI=1S/C19H28N2O5/c1-19(2,3)26-18(24)21-9-8-14(12-21)20(4)17(23)11-13-10-15(22)6-7-16(13)25-5/h6-7,10,14,22H,8-9,11-12H2,1-5H3. The van der Waals surface area contributed by atoms with Gasteiger partial charge in [0.05, 0.1) is 19.6 Å². The largest absolute Gasteiger partial charge is 0.508 e. The van der Waals surface area contributed by atoms with Crippen molar-refractivity contribution in [3.63, 3.8) is 0 Å². The molecule has 7 nitrogen and oxygen atoms in total. The number of methoxy groups -OCH3 is 1. The van der Waals surface area contributed by atoms with E-state index in [1.807, 2.05) is 20.8 Å². The Balaban J connectivity index is 1.97. The Hall–Kier alpha value is -2.44. The van der Waals surface area contributed by atoms with Crippen molar-refractivity contribution in [2.75, 3.05) is 27.2 Å². The Kier molecular flexibility index (Phi) is 6.00. The molecule has 0 aromatic heterocycles. The number of carbonyl (C=O) groups excluding carboxylic acids is 2. The molecule has 2 amide bonds. The molecule has 0 spiro atoms. The predicted octanol–water partition coefficient (Wildman–Crippen LogP) is 2.41. The summed E-state index contributed by atoms with van der Waals surface area (Å²) < 4.78 is 10.6. The number of phenols is 1. The van der Waals surface area contributed by atoms with Crippen LogP contribution in [0.2, 0.25) is 0 Å². The maximum atomic E-state index is 12.6. The number of carbonyl (C=O) groups is 2. The highest BCUT2D eigenvalue weighted by Gasteiger charge is 2.33. The SMILES string of the molecule is COc1ccc(O)cc1CC(=O)N(C)C1CCN(C(=O)OC(C)(C)C)C1. The molecule has 26 heavy (non-hydrogen) atoms. The highest BCUT2D eigenvalue weighted by Crippen LogP contribution is 2.25. The average molecular weight is 364 g/mol. The number of nitrogens with zero attached hydrogens (tertiary/aromatic N) is 2. The second kappa shape index (κ2) is 7.85. The van der Waals surface area contributed by atoms with Crippen molar-refractivity contribution in [1.29, 1.82) is 0 Å². The molecule has 2 rings (SSSR count). The minimum atomic E-state index is -0.539. The van der Waals surface area contributed by atoms with Gasteiger partial charge in [0, 0.05) is 25.7 Å². The van der Waals surface area contributed by atoms with E-state index in [1.165, 1.54) is 19.2 Å². The van der Waals surface area contributed by atoms with Crippen LogP contribution in [-0.4, -0.2) is 65.8 Å². The monoisotopic (exact) mass is 364 g/mol. The van der Waals surface area contributed by atoms with Gasteiger partial charge in [0.1, 0.15) is 17.1 Å². The molecular formula is C19H28N2O5. The molecule has 7 heteroatoms. The van der Waals surface area contributed by atoms with Gasteiger partial charge in [0.25, 0.3) is 0 Å². The van der Waals surface area contributed by atoms with Gasteiger partial charge in [-0.15, -0.1) is 0 Å². The Morgan fingerprint density at radius 2 is 2.04 bits per heavy atom. The minimum absolute atomic E-state index is 0.0571. The first-order valence-corrected chi connectivity index (χ1v) is 8.70. The average Bonchev–Trinajstić information content (AvgIpc) is 3.03. The first-order valence-electron chi connectivity index (χ1n) is 8.70. The number of aromatic hydroxyl groups is 1. The van der Waals surface area contributed by atoms with Crippen molar-refractivity contribution in [1.82, 2.24) is 9.80 Å². The van der Waals surface area contributed by atoms with Gasteiger partial charge in [-0.25, -0.2) is 4.79 Å². The Bertz CT molecular complexity index is 668. The fraction of sp³-hybridized carbons (Fsp3) is 0.579. The minimum Gasteiger partial charge on any atom is -0.508 e. The van der Waals surface area contributed by atoms with E-state index in [2.05, 4.69) is 0 Å². The van der Waals surface area contributed by atoms with E-state index in [0.717, 1.165) is 0 Å². The van der Waals surface area contributed by atoms with Crippen LogP contribution < -0.4 is 4.74 Å². The molecule has 1 unspecified atom stereocenters. The number of likely N-dealkylation sites (tertiary alicyclic amines) is 1. The van der Waals surface area contributed by atoms with Gasteiger partial charge in [0.15, 0.2) is 0 Å². The van der Waals surface area contributed by atoms with Crippen LogP contribution >= 0.6 is 0 Å². The van der Waals surface area contributed by atoms with E-state index >= 15 is 0 Å². The number of hydrogen-bond donors (Lipinski definition) is 1. The third-order valence-electron chi connectivity index (χ3n) is 4.36. The lowest BCUT2D eigenvalue weighted by Gasteiger charge is -2.27. The number of likely N-dealkylation sites (N-methyl/N-ethyl adjacent to an activating group) is 1. The van der Waals surface area contributed by atoms with Crippen LogP contribution in [0.4, 0.5) is 4.79 Å². The van der Waals surface area contributed by atoms with Crippen LogP contribution in [0.15, 0.2) is 18.2 Å². The third kappa shape index (κ3) is 5.03. The zero-order valence-corrected chi connectivity index (χ0v) is 16.1. The fourth-order valence-electron chi connectivity index (χ4n) is 2.94. The van der Waals surface area contributed by atoms with E-state index < -0.39 is 5.60 Å². The molecule has 0 saturated carbocycles. The summed E-state index contributed by atoms with van der Waals surface area (Å²) in [5, 5.41) is 9.65. The molecule has 0 radical (unpaired) electrons. The number of amides is 2. The normalized spacial score (nSPS) is 17.1. The zero-order chi connectivity index (χ0) is 19.5. The van der Waals surface area contributed by atoms with Crippen LogP contribution in [0.5, 0.6) is 11.5 Å². The molecule has 1 aliphatic heterocycles. The lowest BCUT2D eigenvalue weighted by atomic mass is 10.1. The van der Waals surface area contributed by atoms with Crippen LogP contribution in [-0.2, 0) is 16.0 Å². The summed E-state index contributed by atoms with van der Waals surface area (Å²) >= 11 is 0. The van der Waals surface area contributed by atoms with Crippen molar-refractivity contribution >= 4 is 12.0 Å². The molecule has 1 heterocycles. The molecule has 1 aromatic carbocycles. The van der Waals surface area contributed by atoms with Gasteiger partial charge < -0.3 is 24.4 Å². The predicted molar refractivity (Wildman–Crippen MR) is 97.3 cm³/mol. The van der Waals surface area contributed by atoms with Crippen LogP contribution in [0, 0.1) is 0 Å². The smallest absolute Gasteiger partial charge is 0.410 e. The molecule has 1 atom stereocenters. The maximum absolute atomic E-state index is 12.6. The van der Waals surface area contributed by atoms with E-state index in [-0.39, 0.29) is 30.2 Å². The van der Waals surface area contributed by atoms with Gasteiger partial charge in [-0.05, 0) is 45.4 Å². The van der Waals surface area contributed by atoms with Crippen molar-refractivity contribution in [2.24, 2.45) is 0 Å². The maximum Gasteiger partial charge on any atom is 0.410 e. The summed E-state index contributed by atoms with van der Waals surface area (Å²) in [6.45, 7) is 6.51. The third-order valence-corrected chi connectivity index (χ3v) is 4.36. The van der Waals surface area contributed by atoms with E-state index in [0.29, 0.717) is 30.8 Å². The molecular weight excluding hydrogens is 336 g/mol. The lowest BCUT2D eigenvalue weighted by molar-refractivity contribution is -0.131. The first-order chi connectivity index (χ1) is 12.1. The van der Waals surface area contributed by atoms with Gasteiger partial charge in [-0.1, -0.05) is 0 Å². The summed E-state index contributed by atoms with van der Waals surface area (Å²) in [5.74, 6) is 0.560. The zero-order valence-electron chi connectivity index (χ0n) is 16.1. The van der Waals surface area contributed by atoms with E-state index in [4.69, 9.17) is 9.47 Å². The second-order valence-corrected chi connectivity index (χ2v) is 7.55. The quantitative estimate of drug-likeness (QED) is 0.888. The van der Waals surface area contributed by atoms with E-state index in [1.54, 1.807) is 22.9 Å². The number of ether oxygens (including phenoxy) is 2.